The van der Waals surface area contributed by atoms with Crippen molar-refractivity contribution >= 4 is 11.9 Å². The third-order valence-electron chi connectivity index (χ3n) is 3.49. The molecule has 0 radical (unpaired) electrons. The van der Waals surface area contributed by atoms with Crippen molar-refractivity contribution in [2.24, 2.45) is 5.92 Å². The van der Waals surface area contributed by atoms with Gasteiger partial charge in [0.2, 0.25) is 5.91 Å². The van der Waals surface area contributed by atoms with Crippen LogP contribution in [0.2, 0.25) is 0 Å². The van der Waals surface area contributed by atoms with Gasteiger partial charge in [0.05, 0.1) is 0 Å². The summed E-state index contributed by atoms with van der Waals surface area (Å²) in [5.74, 6) is -2.30. The van der Waals surface area contributed by atoms with Crippen molar-refractivity contribution in [3.8, 4) is 0 Å². The van der Waals surface area contributed by atoms with Crippen LogP contribution in [0.5, 0.6) is 0 Å². The Morgan fingerprint density at radius 3 is 2.37 bits per heavy atom. The molecule has 0 heterocycles. The Labute approximate surface area is 113 Å². The summed E-state index contributed by atoms with van der Waals surface area (Å²) in [7, 11) is 0. The van der Waals surface area contributed by atoms with Gasteiger partial charge in [-0.15, -0.1) is 0 Å². The third kappa shape index (κ3) is 3.34. The van der Waals surface area contributed by atoms with Crippen LogP contribution >= 0.6 is 0 Å². The second kappa shape index (κ2) is 5.43. The van der Waals surface area contributed by atoms with E-state index in [0.29, 0.717) is 6.54 Å². The molecule has 0 aliphatic heterocycles. The summed E-state index contributed by atoms with van der Waals surface area (Å²) < 4.78 is 0. The predicted octanol–water partition coefficient (Wildman–Crippen LogP) is 2.21. The summed E-state index contributed by atoms with van der Waals surface area (Å²) in [5.41, 5.74) is 2.22. The molecule has 0 saturated heterocycles. The lowest BCUT2D eigenvalue weighted by molar-refractivity contribution is -0.150. The monoisotopic (exact) mass is 261 g/mol. The number of hydrogen-bond donors (Lipinski definition) is 1. The first kappa shape index (κ1) is 13.6. The Balaban J connectivity index is 2.10. The molecule has 1 amide bonds. The van der Waals surface area contributed by atoms with E-state index >= 15 is 0 Å². The smallest absolute Gasteiger partial charge is 0.315 e. The minimum atomic E-state index is -1.06. The molecule has 0 aromatic heterocycles. The predicted molar refractivity (Wildman–Crippen MR) is 71.6 cm³/mol. The van der Waals surface area contributed by atoms with Crippen LogP contribution in [0.25, 0.3) is 0 Å². The molecule has 0 bridgehead atoms. The normalized spacial score (nSPS) is 15.9. The van der Waals surface area contributed by atoms with Crippen LogP contribution in [0.3, 0.4) is 0 Å². The summed E-state index contributed by atoms with van der Waals surface area (Å²) in [6.07, 6.45) is 1.95. The first-order valence-electron chi connectivity index (χ1n) is 6.58. The number of carboxylic acid groups (broad SMARTS) is 1. The molecule has 4 heteroatoms. The zero-order valence-corrected chi connectivity index (χ0v) is 11.3. The Kier molecular flexibility index (Phi) is 3.88. The molecule has 1 aromatic carbocycles. The second-order valence-corrected chi connectivity index (χ2v) is 5.24. The molecule has 1 N–H and O–H groups in total. The van der Waals surface area contributed by atoms with Crippen LogP contribution in [0, 0.1) is 12.8 Å². The van der Waals surface area contributed by atoms with Gasteiger partial charge >= 0.3 is 5.97 Å². The number of carbonyl (C=O) groups excluding carboxylic acids is 1. The van der Waals surface area contributed by atoms with Crippen molar-refractivity contribution in [1.82, 2.24) is 4.90 Å². The number of amides is 1. The quantitative estimate of drug-likeness (QED) is 0.827. The summed E-state index contributed by atoms with van der Waals surface area (Å²) >= 11 is 0. The van der Waals surface area contributed by atoms with Crippen molar-refractivity contribution in [3.05, 3.63) is 35.4 Å². The zero-order chi connectivity index (χ0) is 14.0. The van der Waals surface area contributed by atoms with Gasteiger partial charge in [0, 0.05) is 12.6 Å². The van der Waals surface area contributed by atoms with Crippen molar-refractivity contribution in [2.75, 3.05) is 0 Å². The van der Waals surface area contributed by atoms with Crippen LogP contribution in [0.1, 0.15) is 30.9 Å². The highest BCUT2D eigenvalue weighted by Gasteiger charge is 2.36. The Hall–Kier alpha value is -1.84. The fourth-order valence-corrected chi connectivity index (χ4v) is 2.02. The number of carboxylic acids is 1. The maximum absolute atomic E-state index is 12.2. The Bertz CT molecular complexity index is 477. The SMILES string of the molecule is Cc1ccc(CN(C(=O)C(C)C(=O)O)C2CC2)cc1. The number of aryl methyl sites for hydroxylation is 1. The Morgan fingerprint density at radius 2 is 1.89 bits per heavy atom. The summed E-state index contributed by atoms with van der Waals surface area (Å²) in [5, 5.41) is 8.96. The van der Waals surface area contributed by atoms with E-state index in [0.717, 1.165) is 18.4 Å². The average molecular weight is 261 g/mol. The third-order valence-corrected chi connectivity index (χ3v) is 3.49. The van der Waals surface area contributed by atoms with Gasteiger partial charge in [-0.2, -0.15) is 0 Å². The van der Waals surface area contributed by atoms with Gasteiger partial charge in [0.1, 0.15) is 5.92 Å². The van der Waals surface area contributed by atoms with E-state index in [1.807, 2.05) is 31.2 Å². The van der Waals surface area contributed by atoms with Gasteiger partial charge in [0.15, 0.2) is 0 Å². The van der Waals surface area contributed by atoms with Crippen LogP contribution in [0.15, 0.2) is 24.3 Å². The van der Waals surface area contributed by atoms with E-state index in [-0.39, 0.29) is 11.9 Å². The minimum Gasteiger partial charge on any atom is -0.481 e. The zero-order valence-electron chi connectivity index (χ0n) is 11.3. The van der Waals surface area contributed by atoms with Crippen molar-refractivity contribution in [2.45, 2.75) is 39.3 Å². The van der Waals surface area contributed by atoms with E-state index in [4.69, 9.17) is 5.11 Å². The number of rotatable bonds is 5. The molecular weight excluding hydrogens is 242 g/mol. The molecule has 1 aromatic rings. The fourth-order valence-electron chi connectivity index (χ4n) is 2.02. The molecular formula is C15H19NO3. The van der Waals surface area contributed by atoms with E-state index in [9.17, 15) is 9.59 Å². The van der Waals surface area contributed by atoms with E-state index < -0.39 is 11.9 Å². The number of carbonyl (C=O) groups is 2. The van der Waals surface area contributed by atoms with Crippen LogP contribution in [0.4, 0.5) is 0 Å². The molecule has 1 saturated carbocycles. The number of aliphatic carboxylic acids is 1. The molecule has 1 aliphatic carbocycles. The van der Waals surface area contributed by atoms with E-state index in [1.165, 1.54) is 12.5 Å². The van der Waals surface area contributed by atoms with Crippen LogP contribution in [-0.2, 0) is 16.1 Å². The van der Waals surface area contributed by atoms with Crippen molar-refractivity contribution in [1.29, 1.82) is 0 Å². The maximum Gasteiger partial charge on any atom is 0.315 e. The summed E-state index contributed by atoms with van der Waals surface area (Å²) in [4.78, 5) is 24.8. The van der Waals surface area contributed by atoms with Crippen molar-refractivity contribution < 1.29 is 14.7 Å². The summed E-state index contributed by atoms with van der Waals surface area (Å²) in [6, 6.07) is 8.21. The van der Waals surface area contributed by atoms with Gasteiger partial charge in [0.25, 0.3) is 0 Å². The molecule has 102 valence electrons. The average Bonchev–Trinajstić information content (AvgIpc) is 3.20. The number of hydrogen-bond acceptors (Lipinski definition) is 2. The highest BCUT2D eigenvalue weighted by atomic mass is 16.4. The lowest BCUT2D eigenvalue weighted by atomic mass is 10.1. The van der Waals surface area contributed by atoms with Gasteiger partial charge in [-0.25, -0.2) is 0 Å². The molecule has 2 rings (SSSR count). The van der Waals surface area contributed by atoms with Gasteiger partial charge in [-0.1, -0.05) is 29.8 Å². The summed E-state index contributed by atoms with van der Waals surface area (Å²) in [6.45, 7) is 3.97. The molecule has 1 atom stereocenters. The van der Waals surface area contributed by atoms with Crippen LogP contribution in [-0.4, -0.2) is 27.9 Å². The van der Waals surface area contributed by atoms with Crippen molar-refractivity contribution in [3.63, 3.8) is 0 Å². The largest absolute Gasteiger partial charge is 0.481 e. The lowest BCUT2D eigenvalue weighted by Gasteiger charge is -2.24. The minimum absolute atomic E-state index is 0.218. The highest BCUT2D eigenvalue weighted by Crippen LogP contribution is 2.29. The molecule has 1 aliphatic rings. The van der Waals surface area contributed by atoms with Gasteiger partial charge < -0.3 is 10.0 Å². The standard InChI is InChI=1S/C15H19NO3/c1-10-3-5-12(6-4-10)9-16(13-7-8-13)14(17)11(2)15(18)19/h3-6,11,13H,7-9H2,1-2H3,(H,18,19). The first-order chi connectivity index (χ1) is 8.99. The fraction of sp³-hybridized carbons (Fsp3) is 0.467. The first-order valence-corrected chi connectivity index (χ1v) is 6.58. The number of benzene rings is 1. The number of nitrogens with zero attached hydrogens (tertiary/aromatic N) is 1. The van der Waals surface area contributed by atoms with E-state index in [2.05, 4.69) is 0 Å². The van der Waals surface area contributed by atoms with E-state index in [1.54, 1.807) is 4.90 Å². The topological polar surface area (TPSA) is 57.6 Å². The molecule has 4 nitrogen and oxygen atoms in total. The maximum atomic E-state index is 12.2. The molecule has 19 heavy (non-hydrogen) atoms. The molecule has 1 fully saturated rings. The lowest BCUT2D eigenvalue weighted by Crippen LogP contribution is -2.39. The van der Waals surface area contributed by atoms with Gasteiger partial charge in [-0.05, 0) is 32.3 Å². The second-order valence-electron chi connectivity index (χ2n) is 5.24. The molecule has 1 unspecified atom stereocenters. The highest BCUT2D eigenvalue weighted by molar-refractivity contribution is 5.96. The van der Waals surface area contributed by atoms with Gasteiger partial charge in [-0.3, -0.25) is 9.59 Å². The molecule has 0 spiro atoms. The Morgan fingerprint density at radius 1 is 1.32 bits per heavy atom. The van der Waals surface area contributed by atoms with Crippen LogP contribution < -0.4 is 0 Å².